The number of benzene rings is 1. The Balaban J connectivity index is 2.04. The Morgan fingerprint density at radius 3 is 2.63 bits per heavy atom. The Morgan fingerprint density at radius 2 is 1.95 bits per heavy atom. The molecule has 3 heteroatoms. The lowest BCUT2D eigenvalue weighted by Crippen LogP contribution is -2.24. The molecule has 0 fully saturated rings. The molecule has 1 aromatic heterocycles. The van der Waals surface area contributed by atoms with Crippen LogP contribution < -0.4 is 5.32 Å². The van der Waals surface area contributed by atoms with Crippen molar-refractivity contribution in [3.8, 4) is 0 Å². The van der Waals surface area contributed by atoms with Crippen molar-refractivity contribution >= 4 is 0 Å². The maximum absolute atomic E-state index is 4.37. The van der Waals surface area contributed by atoms with E-state index >= 15 is 0 Å². The number of nitrogens with one attached hydrogen (secondary N) is 1. The molecule has 0 aliphatic carbocycles. The second kappa shape index (κ2) is 7.10. The number of aromatic nitrogens is 2. The third-order valence-electron chi connectivity index (χ3n) is 3.42. The fourth-order valence-electron chi connectivity index (χ4n) is 2.46. The van der Waals surface area contributed by atoms with Crippen LogP contribution in [0.15, 0.2) is 42.6 Å². The highest BCUT2D eigenvalue weighted by molar-refractivity contribution is 5.16. The van der Waals surface area contributed by atoms with Crippen LogP contribution in [-0.2, 0) is 13.0 Å². The zero-order valence-electron chi connectivity index (χ0n) is 11.8. The first-order chi connectivity index (χ1) is 9.35. The predicted octanol–water partition coefficient (Wildman–Crippen LogP) is 3.19. The summed E-state index contributed by atoms with van der Waals surface area (Å²) >= 11 is 0. The molecule has 3 nitrogen and oxygen atoms in total. The molecule has 0 radical (unpaired) electrons. The molecule has 1 N–H and O–H groups in total. The lowest BCUT2D eigenvalue weighted by atomic mass is 10.0. The Bertz CT molecular complexity index is 476. The van der Waals surface area contributed by atoms with Gasteiger partial charge in [0.25, 0.3) is 0 Å². The molecule has 0 saturated carbocycles. The highest BCUT2D eigenvalue weighted by Gasteiger charge is 2.14. The fourth-order valence-corrected chi connectivity index (χ4v) is 2.46. The molecule has 1 aromatic carbocycles. The molecule has 1 heterocycles. The van der Waals surface area contributed by atoms with E-state index in [-0.39, 0.29) is 0 Å². The molecule has 0 spiro atoms. The molecule has 19 heavy (non-hydrogen) atoms. The molecular formula is C16H23N3. The van der Waals surface area contributed by atoms with Crippen LogP contribution in [0.2, 0.25) is 0 Å². The summed E-state index contributed by atoms with van der Waals surface area (Å²) in [5.41, 5.74) is 2.69. The highest BCUT2D eigenvalue weighted by Crippen LogP contribution is 2.19. The van der Waals surface area contributed by atoms with Gasteiger partial charge in [-0.3, -0.25) is 4.68 Å². The molecule has 0 bridgehead atoms. The largest absolute Gasteiger partial charge is 0.309 e. The second-order valence-electron chi connectivity index (χ2n) is 4.71. The smallest absolute Gasteiger partial charge is 0.0553 e. The average molecular weight is 257 g/mol. The van der Waals surface area contributed by atoms with Gasteiger partial charge in [0.15, 0.2) is 0 Å². The van der Waals surface area contributed by atoms with Gasteiger partial charge in [-0.15, -0.1) is 0 Å². The van der Waals surface area contributed by atoms with Crippen molar-refractivity contribution in [3.63, 3.8) is 0 Å². The Labute approximate surface area is 115 Å². The molecule has 2 aromatic rings. The summed E-state index contributed by atoms with van der Waals surface area (Å²) in [6.07, 6.45) is 4.09. The van der Waals surface area contributed by atoms with Crippen molar-refractivity contribution in [2.75, 3.05) is 6.54 Å². The monoisotopic (exact) mass is 257 g/mol. The van der Waals surface area contributed by atoms with Gasteiger partial charge in [-0.25, -0.2) is 0 Å². The van der Waals surface area contributed by atoms with Crippen molar-refractivity contribution < 1.29 is 0 Å². The highest BCUT2D eigenvalue weighted by atomic mass is 15.3. The van der Waals surface area contributed by atoms with Gasteiger partial charge in [-0.1, -0.05) is 37.3 Å². The standard InChI is InChI=1S/C16H23N3/c1-3-17-15(16-12-13-18-19(16)4-2)11-10-14-8-6-5-7-9-14/h5-9,12-13,15,17H,3-4,10-11H2,1-2H3. The van der Waals surface area contributed by atoms with Gasteiger partial charge in [0.05, 0.1) is 5.69 Å². The zero-order chi connectivity index (χ0) is 13.5. The van der Waals surface area contributed by atoms with E-state index in [1.54, 1.807) is 0 Å². The van der Waals surface area contributed by atoms with Crippen LogP contribution in [0.3, 0.4) is 0 Å². The van der Waals surface area contributed by atoms with Crippen molar-refractivity contribution in [1.82, 2.24) is 15.1 Å². The maximum Gasteiger partial charge on any atom is 0.0553 e. The Morgan fingerprint density at radius 1 is 1.16 bits per heavy atom. The lowest BCUT2D eigenvalue weighted by Gasteiger charge is -2.19. The first kappa shape index (κ1) is 13.8. The van der Waals surface area contributed by atoms with E-state index < -0.39 is 0 Å². The molecule has 0 saturated heterocycles. The Kier molecular flexibility index (Phi) is 5.16. The maximum atomic E-state index is 4.37. The van der Waals surface area contributed by atoms with Crippen molar-refractivity contribution in [1.29, 1.82) is 0 Å². The van der Waals surface area contributed by atoms with E-state index in [1.807, 2.05) is 6.20 Å². The van der Waals surface area contributed by atoms with E-state index in [2.05, 4.69) is 65.3 Å². The lowest BCUT2D eigenvalue weighted by molar-refractivity contribution is 0.467. The van der Waals surface area contributed by atoms with E-state index in [0.717, 1.165) is 25.9 Å². The van der Waals surface area contributed by atoms with Crippen LogP contribution in [0.25, 0.3) is 0 Å². The van der Waals surface area contributed by atoms with Crippen LogP contribution in [-0.4, -0.2) is 16.3 Å². The van der Waals surface area contributed by atoms with Crippen LogP contribution >= 0.6 is 0 Å². The number of nitrogens with zero attached hydrogens (tertiary/aromatic N) is 2. The van der Waals surface area contributed by atoms with Crippen LogP contribution in [0, 0.1) is 0 Å². The number of hydrogen-bond donors (Lipinski definition) is 1. The van der Waals surface area contributed by atoms with Crippen molar-refractivity contribution in [3.05, 3.63) is 53.9 Å². The summed E-state index contributed by atoms with van der Waals surface area (Å²) in [7, 11) is 0. The van der Waals surface area contributed by atoms with Crippen molar-refractivity contribution in [2.24, 2.45) is 0 Å². The van der Waals surface area contributed by atoms with Gasteiger partial charge in [-0.2, -0.15) is 5.10 Å². The predicted molar refractivity (Wildman–Crippen MR) is 79.1 cm³/mol. The third-order valence-corrected chi connectivity index (χ3v) is 3.42. The molecule has 0 aliphatic heterocycles. The minimum Gasteiger partial charge on any atom is -0.309 e. The molecule has 102 valence electrons. The second-order valence-corrected chi connectivity index (χ2v) is 4.71. The normalized spacial score (nSPS) is 12.5. The molecule has 0 aliphatic rings. The van der Waals surface area contributed by atoms with Gasteiger partial charge in [0.2, 0.25) is 0 Å². The summed E-state index contributed by atoms with van der Waals surface area (Å²) in [5.74, 6) is 0. The van der Waals surface area contributed by atoms with Crippen LogP contribution in [0.5, 0.6) is 0 Å². The number of hydrogen-bond acceptors (Lipinski definition) is 2. The van der Waals surface area contributed by atoms with Crippen LogP contribution in [0.1, 0.15) is 37.6 Å². The SMILES string of the molecule is CCNC(CCc1ccccc1)c1ccnn1CC. The minimum atomic E-state index is 0.382. The topological polar surface area (TPSA) is 29.9 Å². The van der Waals surface area contributed by atoms with E-state index in [1.165, 1.54) is 11.3 Å². The van der Waals surface area contributed by atoms with Crippen molar-refractivity contribution in [2.45, 2.75) is 39.3 Å². The third kappa shape index (κ3) is 3.67. The molecule has 2 rings (SSSR count). The van der Waals surface area contributed by atoms with Gasteiger partial charge in [-0.05, 0) is 37.9 Å². The summed E-state index contributed by atoms with van der Waals surface area (Å²) in [6.45, 7) is 6.20. The molecular weight excluding hydrogens is 234 g/mol. The van der Waals surface area contributed by atoms with E-state index in [9.17, 15) is 0 Å². The van der Waals surface area contributed by atoms with Crippen LogP contribution in [0.4, 0.5) is 0 Å². The van der Waals surface area contributed by atoms with Gasteiger partial charge in [0.1, 0.15) is 0 Å². The molecule has 1 atom stereocenters. The van der Waals surface area contributed by atoms with E-state index in [0.29, 0.717) is 6.04 Å². The summed E-state index contributed by atoms with van der Waals surface area (Å²) < 4.78 is 2.08. The number of rotatable bonds is 7. The van der Waals surface area contributed by atoms with Gasteiger partial charge < -0.3 is 5.32 Å². The first-order valence-corrected chi connectivity index (χ1v) is 7.14. The average Bonchev–Trinajstić information content (AvgIpc) is 2.93. The number of aryl methyl sites for hydroxylation is 2. The molecule has 0 amide bonds. The minimum absolute atomic E-state index is 0.382. The summed E-state index contributed by atoms with van der Waals surface area (Å²) in [4.78, 5) is 0. The first-order valence-electron chi connectivity index (χ1n) is 7.14. The van der Waals surface area contributed by atoms with Gasteiger partial charge >= 0.3 is 0 Å². The molecule has 1 unspecified atom stereocenters. The van der Waals surface area contributed by atoms with Gasteiger partial charge in [0, 0.05) is 18.8 Å². The fraction of sp³-hybridized carbons (Fsp3) is 0.438. The summed E-state index contributed by atoms with van der Waals surface area (Å²) in [5, 5.41) is 7.94. The Hall–Kier alpha value is -1.61. The van der Waals surface area contributed by atoms with E-state index in [4.69, 9.17) is 0 Å². The summed E-state index contributed by atoms with van der Waals surface area (Å²) in [6, 6.07) is 13.2. The zero-order valence-corrected chi connectivity index (χ0v) is 11.8. The quantitative estimate of drug-likeness (QED) is 0.825.